The number of aromatic nitrogens is 3. The van der Waals surface area contributed by atoms with E-state index in [-0.39, 0.29) is 11.7 Å². The smallest absolute Gasteiger partial charge is 0.313 e. The second kappa shape index (κ2) is 6.73. The van der Waals surface area contributed by atoms with Gasteiger partial charge in [-0.2, -0.15) is 0 Å². The summed E-state index contributed by atoms with van der Waals surface area (Å²) < 4.78 is 3.07. The molecule has 2 aromatic rings. The molecule has 8 heteroatoms. The highest BCUT2D eigenvalue weighted by Crippen LogP contribution is 2.27. The zero-order valence-corrected chi connectivity index (χ0v) is 14.3. The van der Waals surface area contributed by atoms with Crippen LogP contribution in [0.25, 0.3) is 0 Å². The Kier molecular flexibility index (Phi) is 5.22. The van der Waals surface area contributed by atoms with Gasteiger partial charge in [0.1, 0.15) is 5.82 Å². The highest BCUT2D eigenvalue weighted by Gasteiger charge is 2.17. The summed E-state index contributed by atoms with van der Waals surface area (Å²) in [6.45, 7) is 4.77. The first-order valence-corrected chi connectivity index (χ1v) is 8.58. The van der Waals surface area contributed by atoms with Crippen LogP contribution in [0.4, 0.5) is 0 Å². The Balaban J connectivity index is 2.26. The van der Waals surface area contributed by atoms with E-state index in [1.165, 1.54) is 16.6 Å². The molecule has 0 aromatic carbocycles. The van der Waals surface area contributed by atoms with Crippen LogP contribution in [0.5, 0.6) is 0 Å². The Morgan fingerprint density at radius 1 is 1.50 bits per heavy atom. The summed E-state index contributed by atoms with van der Waals surface area (Å²) in [7, 11) is 0. The van der Waals surface area contributed by atoms with E-state index in [2.05, 4.69) is 40.0 Å². The molecule has 2 rings (SSSR count). The molecule has 0 aliphatic heterocycles. The van der Waals surface area contributed by atoms with Gasteiger partial charge in [0.05, 0.1) is 16.1 Å². The van der Waals surface area contributed by atoms with Crippen LogP contribution in [0.15, 0.2) is 21.1 Å². The largest absolute Gasteiger partial charge is 0.481 e. The lowest BCUT2D eigenvalue weighted by Gasteiger charge is -2.10. The topological polar surface area (TPSA) is 68.0 Å². The lowest BCUT2D eigenvalue weighted by Crippen LogP contribution is -2.08. The van der Waals surface area contributed by atoms with Gasteiger partial charge in [0.15, 0.2) is 5.16 Å². The molecule has 0 aliphatic rings. The molecule has 0 saturated carbocycles. The third kappa shape index (κ3) is 3.83. The van der Waals surface area contributed by atoms with Gasteiger partial charge in [-0.15, -0.1) is 21.5 Å². The molecule has 0 unspecified atom stereocenters. The molecule has 0 fully saturated rings. The first-order valence-electron chi connectivity index (χ1n) is 5.99. The molecule has 0 saturated heterocycles. The van der Waals surface area contributed by atoms with Crippen LogP contribution < -0.4 is 0 Å². The third-order valence-corrected chi connectivity index (χ3v) is 5.09. The molecule has 2 heterocycles. The van der Waals surface area contributed by atoms with Gasteiger partial charge in [-0.25, -0.2) is 0 Å². The van der Waals surface area contributed by atoms with Crippen molar-refractivity contribution in [1.82, 2.24) is 14.8 Å². The summed E-state index contributed by atoms with van der Waals surface area (Å²) in [6.07, 6.45) is 0. The van der Waals surface area contributed by atoms with Crippen molar-refractivity contribution in [2.45, 2.75) is 31.5 Å². The van der Waals surface area contributed by atoms with E-state index in [4.69, 9.17) is 5.11 Å². The Morgan fingerprint density at radius 3 is 2.80 bits per heavy atom. The van der Waals surface area contributed by atoms with Crippen molar-refractivity contribution in [3.05, 3.63) is 26.6 Å². The monoisotopic (exact) mass is 375 g/mol. The normalized spacial score (nSPS) is 11.2. The summed E-state index contributed by atoms with van der Waals surface area (Å²) in [5.41, 5.74) is 0. The lowest BCUT2D eigenvalue weighted by atomic mass is 10.2. The minimum absolute atomic E-state index is 0.00956. The van der Waals surface area contributed by atoms with Crippen molar-refractivity contribution < 1.29 is 9.90 Å². The Hall–Kier alpha value is -0.860. The van der Waals surface area contributed by atoms with Crippen molar-refractivity contribution in [3.8, 4) is 0 Å². The second-order valence-electron chi connectivity index (χ2n) is 4.47. The fourth-order valence-corrected chi connectivity index (χ4v) is 3.84. The average molecular weight is 376 g/mol. The van der Waals surface area contributed by atoms with Crippen LogP contribution in [0, 0.1) is 0 Å². The van der Waals surface area contributed by atoms with E-state index in [9.17, 15) is 4.79 Å². The number of halogens is 1. The molecule has 0 radical (unpaired) electrons. The SMILES string of the molecule is CC(C)c1nnc(SCC(=O)O)n1Cc1ccc(Br)s1. The summed E-state index contributed by atoms with van der Waals surface area (Å²) in [5.74, 6) is 0.256. The third-order valence-electron chi connectivity index (χ3n) is 2.53. The number of hydrogen-bond donors (Lipinski definition) is 1. The van der Waals surface area contributed by atoms with Gasteiger partial charge >= 0.3 is 5.97 Å². The minimum Gasteiger partial charge on any atom is -0.481 e. The molecule has 1 N–H and O–H groups in total. The predicted molar refractivity (Wildman–Crippen MR) is 83.6 cm³/mol. The number of thiophene rings is 1. The summed E-state index contributed by atoms with van der Waals surface area (Å²) in [6, 6.07) is 4.05. The molecule has 0 spiro atoms. The van der Waals surface area contributed by atoms with Crippen LogP contribution in [0.3, 0.4) is 0 Å². The maximum atomic E-state index is 10.7. The molecule has 5 nitrogen and oxygen atoms in total. The van der Waals surface area contributed by atoms with E-state index in [1.54, 1.807) is 11.3 Å². The highest BCUT2D eigenvalue weighted by molar-refractivity contribution is 9.11. The van der Waals surface area contributed by atoms with Crippen LogP contribution in [-0.4, -0.2) is 31.6 Å². The summed E-state index contributed by atoms with van der Waals surface area (Å²) >= 11 is 6.30. The van der Waals surface area contributed by atoms with Gasteiger partial charge in [0.2, 0.25) is 0 Å². The Labute approximate surface area is 133 Å². The van der Waals surface area contributed by atoms with Crippen molar-refractivity contribution in [3.63, 3.8) is 0 Å². The number of carbonyl (C=O) groups is 1. The quantitative estimate of drug-likeness (QED) is 0.783. The van der Waals surface area contributed by atoms with Crippen LogP contribution >= 0.6 is 39.0 Å². The van der Waals surface area contributed by atoms with Gasteiger partial charge in [0, 0.05) is 10.8 Å². The van der Waals surface area contributed by atoms with Crippen molar-refractivity contribution in [2.75, 3.05) is 5.75 Å². The summed E-state index contributed by atoms with van der Waals surface area (Å²) in [5, 5.41) is 17.8. The maximum Gasteiger partial charge on any atom is 0.313 e. The summed E-state index contributed by atoms with van der Waals surface area (Å²) in [4.78, 5) is 11.9. The number of carboxylic acid groups (broad SMARTS) is 1. The van der Waals surface area contributed by atoms with Crippen molar-refractivity contribution in [1.29, 1.82) is 0 Å². The molecule has 0 amide bonds. The van der Waals surface area contributed by atoms with Crippen LogP contribution in [-0.2, 0) is 11.3 Å². The lowest BCUT2D eigenvalue weighted by molar-refractivity contribution is -0.133. The number of carboxylic acids is 1. The van der Waals surface area contributed by atoms with Gasteiger partial charge in [-0.05, 0) is 28.1 Å². The molecular formula is C12H14BrN3O2S2. The zero-order chi connectivity index (χ0) is 14.7. The molecule has 0 atom stereocenters. The van der Waals surface area contributed by atoms with E-state index in [1.807, 2.05) is 16.7 Å². The predicted octanol–water partition coefficient (Wildman–Crippen LogP) is 3.45. The molecule has 0 aliphatic carbocycles. The van der Waals surface area contributed by atoms with Crippen molar-refractivity contribution >= 4 is 45.0 Å². The second-order valence-corrected chi connectivity index (χ2v) is 7.96. The van der Waals surface area contributed by atoms with E-state index >= 15 is 0 Å². The van der Waals surface area contributed by atoms with E-state index in [0.29, 0.717) is 11.7 Å². The molecular weight excluding hydrogens is 362 g/mol. The first kappa shape index (κ1) is 15.5. The standard InChI is InChI=1S/C12H14BrN3O2S2/c1-7(2)11-14-15-12(19-6-10(17)18)16(11)5-8-3-4-9(13)20-8/h3-4,7H,5-6H2,1-2H3,(H,17,18). The maximum absolute atomic E-state index is 10.7. The first-order chi connectivity index (χ1) is 9.47. The number of nitrogens with zero attached hydrogens (tertiary/aromatic N) is 3. The fraction of sp³-hybridized carbons (Fsp3) is 0.417. The van der Waals surface area contributed by atoms with E-state index < -0.39 is 5.97 Å². The molecule has 0 bridgehead atoms. The highest BCUT2D eigenvalue weighted by atomic mass is 79.9. The number of thioether (sulfide) groups is 1. The average Bonchev–Trinajstić information content (AvgIpc) is 2.94. The van der Waals surface area contributed by atoms with Gasteiger partial charge in [-0.3, -0.25) is 4.79 Å². The van der Waals surface area contributed by atoms with Crippen LogP contribution in [0.1, 0.15) is 30.5 Å². The molecule has 108 valence electrons. The molecule has 2 aromatic heterocycles. The van der Waals surface area contributed by atoms with E-state index in [0.717, 1.165) is 9.61 Å². The number of rotatable bonds is 6. The van der Waals surface area contributed by atoms with Gasteiger partial charge in [-0.1, -0.05) is 25.6 Å². The van der Waals surface area contributed by atoms with Gasteiger partial charge in [0.25, 0.3) is 0 Å². The zero-order valence-electron chi connectivity index (χ0n) is 11.0. The molecule has 20 heavy (non-hydrogen) atoms. The minimum atomic E-state index is -0.852. The Bertz CT molecular complexity index is 610. The Morgan fingerprint density at radius 2 is 2.25 bits per heavy atom. The van der Waals surface area contributed by atoms with Crippen molar-refractivity contribution in [2.24, 2.45) is 0 Å². The fourth-order valence-electron chi connectivity index (χ4n) is 1.70. The number of aliphatic carboxylic acids is 1. The van der Waals surface area contributed by atoms with Gasteiger partial charge < -0.3 is 9.67 Å². The number of hydrogen-bond acceptors (Lipinski definition) is 5. The van der Waals surface area contributed by atoms with Crippen LogP contribution in [0.2, 0.25) is 0 Å².